The van der Waals surface area contributed by atoms with Crippen molar-refractivity contribution in [2.45, 2.75) is 24.1 Å². The number of esters is 1. The van der Waals surface area contributed by atoms with Gasteiger partial charge in [0.1, 0.15) is 0 Å². The zero-order valence-electron chi connectivity index (χ0n) is 16.2. The van der Waals surface area contributed by atoms with Crippen molar-refractivity contribution in [2.75, 3.05) is 35.3 Å². The van der Waals surface area contributed by atoms with Crippen molar-refractivity contribution < 1.29 is 22.7 Å². The van der Waals surface area contributed by atoms with Gasteiger partial charge in [-0.2, -0.15) is 0 Å². The number of nitrogens with zero attached hydrogens (tertiary/aromatic N) is 3. The van der Waals surface area contributed by atoms with Crippen LogP contribution >= 0.6 is 23.1 Å². The third kappa shape index (κ3) is 7.63. The summed E-state index contributed by atoms with van der Waals surface area (Å²) in [6.07, 6.45) is 1.61. The molecule has 158 valence electrons. The second kappa shape index (κ2) is 10.6. The van der Waals surface area contributed by atoms with Crippen LogP contribution in [-0.2, 0) is 24.3 Å². The molecule has 29 heavy (non-hydrogen) atoms. The van der Waals surface area contributed by atoms with Crippen molar-refractivity contribution in [1.82, 2.24) is 10.2 Å². The molecule has 2 aromatic rings. The Labute approximate surface area is 177 Å². The summed E-state index contributed by atoms with van der Waals surface area (Å²) in [5, 5.41) is 10.7. The number of hydrogen-bond donors (Lipinski definition) is 1. The lowest BCUT2D eigenvalue weighted by Crippen LogP contribution is -2.31. The number of ether oxygens (including phenoxy) is 1. The Kier molecular flexibility index (Phi) is 8.41. The van der Waals surface area contributed by atoms with Crippen LogP contribution in [0, 0.1) is 6.92 Å². The summed E-state index contributed by atoms with van der Waals surface area (Å²) in [5.74, 6) is -0.553. The van der Waals surface area contributed by atoms with E-state index in [0.717, 1.165) is 23.2 Å². The highest BCUT2D eigenvalue weighted by molar-refractivity contribution is 8.01. The number of methoxy groups -OCH3 is 1. The Balaban J connectivity index is 1.86. The lowest BCUT2D eigenvalue weighted by molar-refractivity contribution is -0.137. The molecule has 0 bridgehead atoms. The summed E-state index contributed by atoms with van der Waals surface area (Å²) in [6, 6.07) is 7.19. The molecule has 1 amide bonds. The SMILES string of the molecule is COC(=O)CSc1nnc(NC(=O)CCCN(c2cccc(C)c2)S(C)(=O)=O)s1. The van der Waals surface area contributed by atoms with Gasteiger partial charge in [0.25, 0.3) is 0 Å². The average Bonchev–Trinajstić information content (AvgIpc) is 3.09. The predicted octanol–water partition coefficient (Wildman–Crippen LogP) is 2.30. The molecule has 2 rings (SSSR count). The van der Waals surface area contributed by atoms with E-state index in [1.165, 1.54) is 23.2 Å². The van der Waals surface area contributed by atoms with Crippen LogP contribution in [0.25, 0.3) is 0 Å². The van der Waals surface area contributed by atoms with E-state index in [1.807, 2.05) is 13.0 Å². The minimum Gasteiger partial charge on any atom is -0.468 e. The Hall–Kier alpha value is -2.18. The number of carbonyl (C=O) groups excluding carboxylic acids is 2. The van der Waals surface area contributed by atoms with Crippen molar-refractivity contribution >= 4 is 55.8 Å². The second-order valence-electron chi connectivity index (χ2n) is 6.06. The molecule has 1 aromatic carbocycles. The Bertz CT molecular complexity index is 961. The molecule has 1 heterocycles. The number of aromatic nitrogens is 2. The molecule has 0 aliphatic rings. The summed E-state index contributed by atoms with van der Waals surface area (Å²) >= 11 is 2.32. The van der Waals surface area contributed by atoms with Crippen LogP contribution in [0.1, 0.15) is 18.4 Å². The van der Waals surface area contributed by atoms with Gasteiger partial charge in [-0.05, 0) is 31.0 Å². The minimum atomic E-state index is -3.46. The van der Waals surface area contributed by atoms with E-state index in [2.05, 4.69) is 20.3 Å². The van der Waals surface area contributed by atoms with Crippen molar-refractivity contribution in [3.63, 3.8) is 0 Å². The normalized spacial score (nSPS) is 11.1. The van der Waals surface area contributed by atoms with Crippen LogP contribution < -0.4 is 9.62 Å². The number of amides is 1. The van der Waals surface area contributed by atoms with Gasteiger partial charge in [-0.25, -0.2) is 8.42 Å². The van der Waals surface area contributed by atoms with E-state index in [1.54, 1.807) is 18.2 Å². The van der Waals surface area contributed by atoms with Gasteiger partial charge in [0.15, 0.2) is 4.34 Å². The summed E-state index contributed by atoms with van der Waals surface area (Å²) in [7, 11) is -2.16. The molecule has 0 atom stereocenters. The van der Waals surface area contributed by atoms with E-state index in [0.29, 0.717) is 21.6 Å². The molecular formula is C17H22N4O5S3. The van der Waals surface area contributed by atoms with Crippen LogP contribution in [0.4, 0.5) is 10.8 Å². The molecule has 0 fully saturated rings. The van der Waals surface area contributed by atoms with E-state index in [-0.39, 0.29) is 30.6 Å². The molecule has 1 N–H and O–H groups in total. The second-order valence-corrected chi connectivity index (χ2v) is 10.2. The Morgan fingerprint density at radius 1 is 1.31 bits per heavy atom. The Morgan fingerprint density at radius 3 is 2.72 bits per heavy atom. The van der Waals surface area contributed by atoms with E-state index >= 15 is 0 Å². The highest BCUT2D eigenvalue weighted by Gasteiger charge is 2.18. The fraction of sp³-hybridized carbons (Fsp3) is 0.412. The summed E-state index contributed by atoms with van der Waals surface area (Å²) in [5.41, 5.74) is 1.52. The smallest absolute Gasteiger partial charge is 0.316 e. The summed E-state index contributed by atoms with van der Waals surface area (Å²) in [6.45, 7) is 2.07. The van der Waals surface area contributed by atoms with Gasteiger partial charge < -0.3 is 10.1 Å². The molecule has 1 aromatic heterocycles. The maximum absolute atomic E-state index is 12.1. The number of nitrogens with one attached hydrogen (secondary N) is 1. The van der Waals surface area contributed by atoms with Gasteiger partial charge in [0, 0.05) is 13.0 Å². The molecule has 0 saturated carbocycles. The number of anilines is 2. The van der Waals surface area contributed by atoms with Crippen LogP contribution in [0.3, 0.4) is 0 Å². The van der Waals surface area contributed by atoms with Gasteiger partial charge in [-0.15, -0.1) is 10.2 Å². The topological polar surface area (TPSA) is 119 Å². The van der Waals surface area contributed by atoms with Crippen molar-refractivity contribution in [3.05, 3.63) is 29.8 Å². The van der Waals surface area contributed by atoms with Crippen LogP contribution in [0.15, 0.2) is 28.6 Å². The third-order valence-corrected chi connectivity index (χ3v) is 6.79. The average molecular weight is 459 g/mol. The quantitative estimate of drug-likeness (QED) is 0.327. The van der Waals surface area contributed by atoms with Gasteiger partial charge in [0.05, 0.1) is 24.8 Å². The summed E-state index contributed by atoms with van der Waals surface area (Å²) in [4.78, 5) is 23.3. The molecule has 9 nitrogen and oxygen atoms in total. The fourth-order valence-corrected chi connectivity index (χ4v) is 4.89. The number of benzene rings is 1. The first-order valence-corrected chi connectivity index (χ1v) is 12.2. The van der Waals surface area contributed by atoms with E-state index < -0.39 is 10.0 Å². The number of sulfonamides is 1. The lowest BCUT2D eigenvalue weighted by Gasteiger charge is -2.22. The number of aryl methyl sites for hydroxylation is 1. The van der Waals surface area contributed by atoms with Crippen molar-refractivity contribution in [1.29, 1.82) is 0 Å². The lowest BCUT2D eigenvalue weighted by atomic mass is 10.2. The van der Waals surface area contributed by atoms with E-state index in [9.17, 15) is 18.0 Å². The van der Waals surface area contributed by atoms with Crippen molar-refractivity contribution in [2.24, 2.45) is 0 Å². The number of thioether (sulfide) groups is 1. The fourth-order valence-electron chi connectivity index (χ4n) is 2.33. The zero-order valence-corrected chi connectivity index (χ0v) is 18.7. The number of hydrogen-bond acceptors (Lipinski definition) is 9. The van der Waals surface area contributed by atoms with Gasteiger partial charge in [0.2, 0.25) is 21.1 Å². The molecule has 0 saturated heterocycles. The Morgan fingerprint density at radius 2 is 2.07 bits per heavy atom. The van der Waals surface area contributed by atoms with Crippen LogP contribution in [0.5, 0.6) is 0 Å². The minimum absolute atomic E-state index is 0.110. The van der Waals surface area contributed by atoms with Crippen LogP contribution in [0.2, 0.25) is 0 Å². The maximum atomic E-state index is 12.1. The zero-order chi connectivity index (χ0) is 21.4. The van der Waals surface area contributed by atoms with Gasteiger partial charge in [-0.3, -0.25) is 13.9 Å². The first kappa shape index (κ1) is 23.1. The first-order valence-electron chi connectivity index (χ1n) is 8.56. The van der Waals surface area contributed by atoms with Crippen LogP contribution in [-0.4, -0.2) is 56.2 Å². The molecule has 0 unspecified atom stereocenters. The third-order valence-electron chi connectivity index (χ3n) is 3.65. The highest BCUT2D eigenvalue weighted by Crippen LogP contribution is 2.25. The van der Waals surface area contributed by atoms with Gasteiger partial charge >= 0.3 is 5.97 Å². The number of carbonyl (C=O) groups is 2. The summed E-state index contributed by atoms with van der Waals surface area (Å²) < 4.78 is 30.6. The molecule has 0 spiro atoms. The predicted molar refractivity (Wildman–Crippen MR) is 114 cm³/mol. The molecule has 0 aliphatic heterocycles. The molecule has 12 heteroatoms. The molecule has 0 radical (unpaired) electrons. The largest absolute Gasteiger partial charge is 0.468 e. The molecule has 0 aliphatic carbocycles. The highest BCUT2D eigenvalue weighted by atomic mass is 32.2. The first-order chi connectivity index (χ1) is 13.7. The van der Waals surface area contributed by atoms with Gasteiger partial charge in [-0.1, -0.05) is 35.2 Å². The van der Waals surface area contributed by atoms with Crippen molar-refractivity contribution in [3.8, 4) is 0 Å². The molecular weight excluding hydrogens is 436 g/mol. The monoisotopic (exact) mass is 458 g/mol. The standard InChI is InChI=1S/C17H22N4O5S3/c1-12-6-4-7-13(10-12)21(29(3,24)25)9-5-8-14(22)18-16-19-20-17(28-16)27-11-15(23)26-2/h4,6-7,10H,5,8-9,11H2,1-3H3,(H,18,19,22). The number of rotatable bonds is 10. The van der Waals surface area contributed by atoms with E-state index in [4.69, 9.17) is 0 Å². The maximum Gasteiger partial charge on any atom is 0.316 e.